The van der Waals surface area contributed by atoms with E-state index in [1.165, 1.54) is 0 Å². The van der Waals surface area contributed by atoms with Crippen molar-refractivity contribution in [2.24, 2.45) is 0 Å². The molecule has 1 atom stereocenters. The van der Waals surface area contributed by atoms with Gasteiger partial charge in [-0.1, -0.05) is 19.1 Å². The van der Waals surface area contributed by atoms with Crippen LogP contribution in [0.5, 0.6) is 0 Å². The second-order valence-corrected chi connectivity index (χ2v) is 5.70. The van der Waals surface area contributed by atoms with E-state index in [4.69, 9.17) is 0 Å². The van der Waals surface area contributed by atoms with E-state index >= 15 is 0 Å². The molecule has 114 valence electrons. The number of nitrogens with one attached hydrogen (secondary N) is 2. The third-order valence-corrected chi connectivity index (χ3v) is 4.10. The second-order valence-electron chi connectivity index (χ2n) is 5.70. The zero-order chi connectivity index (χ0) is 15.5. The Morgan fingerprint density at radius 3 is 2.38 bits per heavy atom. The van der Waals surface area contributed by atoms with Gasteiger partial charge in [0.05, 0.1) is 12.0 Å². The van der Waals surface area contributed by atoms with Gasteiger partial charge in [-0.15, -0.1) is 0 Å². The summed E-state index contributed by atoms with van der Waals surface area (Å²) in [7, 11) is 0. The van der Waals surface area contributed by atoms with Crippen LogP contribution in [0.25, 0.3) is 0 Å². The number of amides is 1. The summed E-state index contributed by atoms with van der Waals surface area (Å²) in [6.45, 7) is 4.36. The number of rotatable bonds is 7. The smallest absolute Gasteiger partial charge is 0.314 e. The van der Waals surface area contributed by atoms with Crippen LogP contribution < -0.4 is 10.6 Å². The summed E-state index contributed by atoms with van der Waals surface area (Å²) in [5.74, 6) is -0.862. The van der Waals surface area contributed by atoms with Crippen LogP contribution in [0.15, 0.2) is 24.3 Å². The van der Waals surface area contributed by atoms with E-state index in [0.717, 1.165) is 12.0 Å². The second kappa shape index (κ2) is 6.26. The summed E-state index contributed by atoms with van der Waals surface area (Å²) in [6.07, 6.45) is 2.35. The molecule has 1 saturated carbocycles. The van der Waals surface area contributed by atoms with Gasteiger partial charge in [0.1, 0.15) is 0 Å². The summed E-state index contributed by atoms with van der Waals surface area (Å²) in [5.41, 5.74) is 0.808. The molecule has 0 aliphatic heterocycles. The number of hydrogen-bond donors (Lipinski definition) is 3. The molecular formula is C16H22N2O3. The number of carboxylic acid groups (broad SMARTS) is 1. The molecule has 1 fully saturated rings. The van der Waals surface area contributed by atoms with Gasteiger partial charge in [-0.2, -0.15) is 0 Å². The van der Waals surface area contributed by atoms with Gasteiger partial charge >= 0.3 is 5.97 Å². The van der Waals surface area contributed by atoms with E-state index in [1.54, 1.807) is 24.3 Å². The lowest BCUT2D eigenvalue weighted by Gasteiger charge is -2.13. The summed E-state index contributed by atoms with van der Waals surface area (Å²) in [5, 5.41) is 15.2. The van der Waals surface area contributed by atoms with Crippen LogP contribution in [0.2, 0.25) is 0 Å². The van der Waals surface area contributed by atoms with Gasteiger partial charge in [0.2, 0.25) is 5.91 Å². The number of hydrogen-bond acceptors (Lipinski definition) is 3. The highest BCUT2D eigenvalue weighted by atomic mass is 16.4. The molecule has 2 rings (SSSR count). The summed E-state index contributed by atoms with van der Waals surface area (Å²) >= 11 is 0. The lowest BCUT2D eigenvalue weighted by atomic mass is 9.96. The minimum atomic E-state index is -0.767. The Hall–Kier alpha value is -1.88. The molecule has 0 spiro atoms. The van der Waals surface area contributed by atoms with Crippen LogP contribution in [0.4, 0.5) is 5.69 Å². The van der Waals surface area contributed by atoms with Crippen molar-refractivity contribution in [1.29, 1.82) is 0 Å². The Bertz CT molecular complexity index is 521. The highest BCUT2D eigenvalue weighted by molar-refractivity contribution is 5.92. The maximum absolute atomic E-state index is 11.8. The van der Waals surface area contributed by atoms with E-state index in [2.05, 4.69) is 17.6 Å². The fourth-order valence-electron chi connectivity index (χ4n) is 2.24. The van der Waals surface area contributed by atoms with E-state index in [1.807, 2.05) is 6.92 Å². The quantitative estimate of drug-likeness (QED) is 0.719. The predicted octanol–water partition coefficient (Wildman–Crippen LogP) is 2.13. The van der Waals surface area contributed by atoms with Crippen LogP contribution in [-0.4, -0.2) is 29.6 Å². The number of carbonyl (C=O) groups is 2. The monoisotopic (exact) mass is 290 g/mol. The van der Waals surface area contributed by atoms with Crippen molar-refractivity contribution in [3.8, 4) is 0 Å². The first-order chi connectivity index (χ1) is 9.98. The van der Waals surface area contributed by atoms with E-state index in [9.17, 15) is 14.7 Å². The molecule has 1 aliphatic rings. The molecular weight excluding hydrogens is 268 g/mol. The van der Waals surface area contributed by atoms with Crippen LogP contribution in [0, 0.1) is 0 Å². The molecule has 1 unspecified atom stereocenters. The molecule has 0 aromatic heterocycles. The largest absolute Gasteiger partial charge is 0.481 e. The highest BCUT2D eigenvalue weighted by Crippen LogP contribution is 2.48. The molecule has 0 bridgehead atoms. The van der Waals surface area contributed by atoms with Gasteiger partial charge in [0.25, 0.3) is 0 Å². The third kappa shape index (κ3) is 3.61. The van der Waals surface area contributed by atoms with Crippen molar-refractivity contribution in [2.75, 3.05) is 11.9 Å². The van der Waals surface area contributed by atoms with Gasteiger partial charge in [0.15, 0.2) is 0 Å². The first-order valence-corrected chi connectivity index (χ1v) is 7.35. The van der Waals surface area contributed by atoms with Gasteiger partial charge in [-0.3, -0.25) is 9.59 Å². The lowest BCUT2D eigenvalue weighted by Crippen LogP contribution is -2.33. The molecule has 1 aliphatic carbocycles. The first kappa shape index (κ1) is 15.5. The Labute approximate surface area is 124 Å². The Morgan fingerprint density at radius 2 is 1.90 bits per heavy atom. The molecule has 5 nitrogen and oxygen atoms in total. The molecule has 1 amide bonds. The molecule has 0 radical (unpaired) electrons. The molecule has 5 heteroatoms. The van der Waals surface area contributed by atoms with Crippen molar-refractivity contribution < 1.29 is 14.7 Å². The van der Waals surface area contributed by atoms with Crippen LogP contribution in [0.1, 0.15) is 38.7 Å². The van der Waals surface area contributed by atoms with Gasteiger partial charge in [-0.25, -0.2) is 0 Å². The van der Waals surface area contributed by atoms with Crippen LogP contribution >= 0.6 is 0 Å². The van der Waals surface area contributed by atoms with Gasteiger partial charge in [0, 0.05) is 11.7 Å². The standard InChI is InChI=1S/C16H22N2O3/c1-3-11(2)17-10-14(19)18-13-6-4-12(5-7-13)16(8-9-16)15(20)21/h4-7,11,17H,3,8-10H2,1-2H3,(H,18,19)(H,20,21). The number of aliphatic carboxylic acids is 1. The first-order valence-electron chi connectivity index (χ1n) is 7.35. The van der Waals surface area contributed by atoms with Crippen molar-refractivity contribution in [2.45, 2.75) is 44.6 Å². The molecule has 21 heavy (non-hydrogen) atoms. The fraction of sp³-hybridized carbons (Fsp3) is 0.500. The molecule has 3 N–H and O–H groups in total. The maximum Gasteiger partial charge on any atom is 0.314 e. The fourth-order valence-corrected chi connectivity index (χ4v) is 2.24. The number of anilines is 1. The maximum atomic E-state index is 11.8. The van der Waals surface area contributed by atoms with E-state index in [-0.39, 0.29) is 12.5 Å². The van der Waals surface area contributed by atoms with Crippen LogP contribution in [0.3, 0.4) is 0 Å². The topological polar surface area (TPSA) is 78.4 Å². The van der Waals surface area contributed by atoms with Gasteiger partial charge in [-0.05, 0) is 43.9 Å². The molecule has 0 saturated heterocycles. The van der Waals surface area contributed by atoms with Crippen molar-refractivity contribution in [3.63, 3.8) is 0 Å². The summed E-state index contributed by atoms with van der Waals surface area (Å²) in [4.78, 5) is 23.0. The van der Waals surface area contributed by atoms with Crippen LogP contribution in [-0.2, 0) is 15.0 Å². The summed E-state index contributed by atoms with van der Waals surface area (Å²) in [6, 6.07) is 7.42. The minimum absolute atomic E-state index is 0.0950. The van der Waals surface area contributed by atoms with Crippen molar-refractivity contribution in [1.82, 2.24) is 5.32 Å². The number of benzene rings is 1. The zero-order valence-corrected chi connectivity index (χ0v) is 12.5. The molecule has 1 aromatic rings. The Balaban J connectivity index is 1.91. The average Bonchev–Trinajstić information content (AvgIpc) is 3.27. The average molecular weight is 290 g/mol. The molecule has 1 aromatic carbocycles. The number of carbonyl (C=O) groups excluding carboxylic acids is 1. The van der Waals surface area contributed by atoms with E-state index < -0.39 is 11.4 Å². The van der Waals surface area contributed by atoms with Crippen molar-refractivity contribution in [3.05, 3.63) is 29.8 Å². The minimum Gasteiger partial charge on any atom is -0.481 e. The lowest BCUT2D eigenvalue weighted by molar-refractivity contribution is -0.140. The molecule has 0 heterocycles. The highest BCUT2D eigenvalue weighted by Gasteiger charge is 2.51. The Morgan fingerprint density at radius 1 is 1.29 bits per heavy atom. The summed E-state index contributed by atoms with van der Waals surface area (Å²) < 4.78 is 0. The van der Waals surface area contributed by atoms with Crippen molar-refractivity contribution >= 4 is 17.6 Å². The SMILES string of the molecule is CCC(C)NCC(=O)Nc1ccc(C2(C(=O)O)CC2)cc1. The van der Waals surface area contributed by atoms with Gasteiger partial charge < -0.3 is 15.7 Å². The predicted molar refractivity (Wildman–Crippen MR) is 81.4 cm³/mol. The third-order valence-electron chi connectivity index (χ3n) is 4.10. The Kier molecular flexibility index (Phi) is 4.63. The van der Waals surface area contributed by atoms with E-state index in [0.29, 0.717) is 24.6 Å². The normalized spacial score (nSPS) is 17.0. The zero-order valence-electron chi connectivity index (χ0n) is 12.5. The number of carboxylic acids is 1.